The van der Waals surface area contributed by atoms with Crippen LogP contribution in [0.25, 0.3) is 0 Å². The third kappa shape index (κ3) is 2.92. The molecule has 0 spiro atoms. The topological polar surface area (TPSA) is 17.1 Å². The predicted octanol–water partition coefficient (Wildman–Crippen LogP) is 3.82. The fourth-order valence-electron chi connectivity index (χ4n) is 2.09. The molecule has 1 aliphatic carbocycles. The molecule has 0 bridgehead atoms. The van der Waals surface area contributed by atoms with Gasteiger partial charge in [0, 0.05) is 0 Å². The van der Waals surface area contributed by atoms with Gasteiger partial charge in [0.05, 0.1) is 0 Å². The summed E-state index contributed by atoms with van der Waals surface area (Å²) in [6, 6.07) is 0. The standard InChI is InChI=1S/C14H20O/c1-11(8-10-15)5-6-13-12(2)7-9-14(13,3)4/h5-6,8,10H,7,9H2,1-4H3. The summed E-state index contributed by atoms with van der Waals surface area (Å²) >= 11 is 0. The molecule has 15 heavy (non-hydrogen) atoms. The van der Waals surface area contributed by atoms with Crippen molar-refractivity contribution >= 4 is 6.29 Å². The minimum atomic E-state index is 0.294. The van der Waals surface area contributed by atoms with E-state index in [1.54, 1.807) is 6.08 Å². The minimum Gasteiger partial charge on any atom is -0.299 e. The molecule has 1 aliphatic rings. The summed E-state index contributed by atoms with van der Waals surface area (Å²) in [6.07, 6.45) is 9.05. The maximum Gasteiger partial charge on any atom is 0.143 e. The first-order chi connectivity index (χ1) is 6.97. The number of aldehydes is 1. The van der Waals surface area contributed by atoms with E-state index < -0.39 is 0 Å². The monoisotopic (exact) mass is 204 g/mol. The van der Waals surface area contributed by atoms with E-state index in [0.29, 0.717) is 5.41 Å². The van der Waals surface area contributed by atoms with E-state index in [0.717, 1.165) is 11.9 Å². The van der Waals surface area contributed by atoms with Crippen LogP contribution in [-0.2, 0) is 4.79 Å². The normalized spacial score (nSPS) is 21.5. The van der Waals surface area contributed by atoms with Crippen LogP contribution in [0.1, 0.15) is 40.5 Å². The van der Waals surface area contributed by atoms with Crippen molar-refractivity contribution in [3.8, 4) is 0 Å². The first-order valence-electron chi connectivity index (χ1n) is 5.48. The summed E-state index contributed by atoms with van der Waals surface area (Å²) in [7, 11) is 0. The van der Waals surface area contributed by atoms with E-state index in [-0.39, 0.29) is 0 Å². The van der Waals surface area contributed by atoms with Gasteiger partial charge in [-0.05, 0) is 49.3 Å². The van der Waals surface area contributed by atoms with Crippen LogP contribution in [0, 0.1) is 5.41 Å². The molecule has 0 aromatic carbocycles. The lowest BCUT2D eigenvalue weighted by molar-refractivity contribution is -0.104. The van der Waals surface area contributed by atoms with E-state index in [4.69, 9.17) is 0 Å². The van der Waals surface area contributed by atoms with E-state index in [1.807, 2.05) is 13.0 Å². The highest BCUT2D eigenvalue weighted by Crippen LogP contribution is 2.42. The first kappa shape index (κ1) is 12.0. The van der Waals surface area contributed by atoms with Gasteiger partial charge in [-0.3, -0.25) is 4.79 Å². The first-order valence-corrected chi connectivity index (χ1v) is 5.48. The van der Waals surface area contributed by atoms with Crippen LogP contribution in [0.4, 0.5) is 0 Å². The number of allylic oxidation sites excluding steroid dienone is 6. The quantitative estimate of drug-likeness (QED) is 0.388. The third-order valence-electron chi connectivity index (χ3n) is 3.16. The molecule has 0 unspecified atom stereocenters. The fourth-order valence-corrected chi connectivity index (χ4v) is 2.09. The van der Waals surface area contributed by atoms with Gasteiger partial charge < -0.3 is 0 Å². The molecule has 0 radical (unpaired) electrons. The van der Waals surface area contributed by atoms with Crippen molar-refractivity contribution in [1.29, 1.82) is 0 Å². The fraction of sp³-hybridized carbons (Fsp3) is 0.500. The summed E-state index contributed by atoms with van der Waals surface area (Å²) in [4.78, 5) is 10.3. The lowest BCUT2D eigenvalue weighted by Crippen LogP contribution is -2.08. The van der Waals surface area contributed by atoms with Crippen molar-refractivity contribution in [3.05, 3.63) is 34.9 Å². The molecule has 0 atom stereocenters. The highest BCUT2D eigenvalue weighted by Gasteiger charge is 2.28. The van der Waals surface area contributed by atoms with Gasteiger partial charge in [0.1, 0.15) is 6.29 Å². The molecule has 0 saturated heterocycles. The molecule has 0 aromatic rings. The van der Waals surface area contributed by atoms with Crippen LogP contribution in [0.5, 0.6) is 0 Å². The van der Waals surface area contributed by atoms with Crippen molar-refractivity contribution in [2.24, 2.45) is 5.41 Å². The van der Waals surface area contributed by atoms with Gasteiger partial charge in [0.2, 0.25) is 0 Å². The molecule has 0 fully saturated rings. The lowest BCUT2D eigenvalue weighted by Gasteiger charge is -2.20. The summed E-state index contributed by atoms with van der Waals surface area (Å²) < 4.78 is 0. The average molecular weight is 204 g/mol. The van der Waals surface area contributed by atoms with Gasteiger partial charge in [-0.25, -0.2) is 0 Å². The van der Waals surface area contributed by atoms with Crippen molar-refractivity contribution < 1.29 is 4.79 Å². The smallest absolute Gasteiger partial charge is 0.143 e. The number of hydrogen-bond acceptors (Lipinski definition) is 1. The van der Waals surface area contributed by atoms with E-state index in [9.17, 15) is 4.79 Å². The summed E-state index contributed by atoms with van der Waals surface area (Å²) in [5.41, 5.74) is 4.21. The Kier molecular flexibility index (Phi) is 3.67. The second kappa shape index (κ2) is 4.61. The zero-order chi connectivity index (χ0) is 11.5. The Morgan fingerprint density at radius 2 is 2.07 bits per heavy atom. The second-order valence-corrected chi connectivity index (χ2v) is 4.96. The van der Waals surface area contributed by atoms with Gasteiger partial charge >= 0.3 is 0 Å². The van der Waals surface area contributed by atoms with Crippen molar-refractivity contribution in [3.63, 3.8) is 0 Å². The van der Waals surface area contributed by atoms with Gasteiger partial charge in [-0.1, -0.05) is 31.6 Å². The molecule has 82 valence electrons. The van der Waals surface area contributed by atoms with E-state index >= 15 is 0 Å². The second-order valence-electron chi connectivity index (χ2n) is 4.96. The molecule has 0 aromatic heterocycles. The van der Waals surface area contributed by atoms with Crippen LogP contribution < -0.4 is 0 Å². The Morgan fingerprint density at radius 1 is 1.40 bits per heavy atom. The SMILES string of the molecule is CC(C=CC1=C(C)CCC1(C)C)=CC=O. The molecule has 1 rings (SSSR count). The number of carbonyl (C=O) groups is 1. The van der Waals surface area contributed by atoms with Gasteiger partial charge in [0.15, 0.2) is 0 Å². The minimum absolute atomic E-state index is 0.294. The van der Waals surface area contributed by atoms with Crippen LogP contribution in [0.3, 0.4) is 0 Å². The maximum atomic E-state index is 10.3. The van der Waals surface area contributed by atoms with Gasteiger partial charge in [0.25, 0.3) is 0 Å². The molecule has 0 heterocycles. The van der Waals surface area contributed by atoms with Crippen LogP contribution in [-0.4, -0.2) is 6.29 Å². The van der Waals surface area contributed by atoms with Crippen LogP contribution >= 0.6 is 0 Å². The summed E-state index contributed by atoms with van der Waals surface area (Å²) in [5, 5.41) is 0. The zero-order valence-electron chi connectivity index (χ0n) is 10.1. The van der Waals surface area contributed by atoms with Crippen molar-refractivity contribution in [1.82, 2.24) is 0 Å². The average Bonchev–Trinajstić information content (AvgIpc) is 2.39. The van der Waals surface area contributed by atoms with E-state index in [1.165, 1.54) is 24.0 Å². The summed E-state index contributed by atoms with van der Waals surface area (Å²) in [5.74, 6) is 0. The Morgan fingerprint density at radius 3 is 2.53 bits per heavy atom. The van der Waals surface area contributed by atoms with Crippen LogP contribution in [0.15, 0.2) is 34.9 Å². The molecule has 0 saturated carbocycles. The molecular weight excluding hydrogens is 184 g/mol. The highest BCUT2D eigenvalue weighted by molar-refractivity contribution is 5.67. The highest BCUT2D eigenvalue weighted by atomic mass is 16.1. The Bertz CT molecular complexity index is 340. The lowest BCUT2D eigenvalue weighted by atomic mass is 9.85. The molecule has 0 aliphatic heterocycles. The summed E-state index contributed by atoms with van der Waals surface area (Å²) in [6.45, 7) is 8.71. The van der Waals surface area contributed by atoms with Crippen molar-refractivity contribution in [2.75, 3.05) is 0 Å². The Hall–Kier alpha value is -1.11. The molecule has 1 heteroatoms. The third-order valence-corrected chi connectivity index (χ3v) is 3.16. The predicted molar refractivity (Wildman–Crippen MR) is 64.7 cm³/mol. The Labute approximate surface area is 92.6 Å². The zero-order valence-corrected chi connectivity index (χ0v) is 10.1. The number of rotatable bonds is 3. The largest absolute Gasteiger partial charge is 0.299 e. The molecule has 1 nitrogen and oxygen atoms in total. The van der Waals surface area contributed by atoms with Crippen LogP contribution in [0.2, 0.25) is 0 Å². The van der Waals surface area contributed by atoms with Crippen molar-refractivity contribution in [2.45, 2.75) is 40.5 Å². The number of carbonyl (C=O) groups excluding carboxylic acids is 1. The molecular formula is C14H20O. The van der Waals surface area contributed by atoms with Gasteiger partial charge in [-0.2, -0.15) is 0 Å². The number of hydrogen-bond donors (Lipinski definition) is 0. The van der Waals surface area contributed by atoms with E-state index in [2.05, 4.69) is 26.8 Å². The molecule has 0 N–H and O–H groups in total. The Balaban J connectivity index is 2.86. The molecule has 0 amide bonds. The maximum absolute atomic E-state index is 10.3. The van der Waals surface area contributed by atoms with Gasteiger partial charge in [-0.15, -0.1) is 0 Å².